The van der Waals surface area contributed by atoms with Crippen LogP contribution in [0, 0.1) is 17.6 Å². The first-order valence-electron chi connectivity index (χ1n) is 14.1. The van der Waals surface area contributed by atoms with E-state index in [9.17, 15) is 22.0 Å². The van der Waals surface area contributed by atoms with Crippen molar-refractivity contribution in [2.24, 2.45) is 11.1 Å². The van der Waals surface area contributed by atoms with E-state index in [0.717, 1.165) is 52.9 Å². The molecule has 0 amide bonds. The summed E-state index contributed by atoms with van der Waals surface area (Å²) >= 11 is 1.34. The lowest BCUT2D eigenvalue weighted by Gasteiger charge is -2.16. The zero-order chi connectivity index (χ0) is 31.0. The van der Waals surface area contributed by atoms with Crippen molar-refractivity contribution in [3.05, 3.63) is 107 Å². The monoisotopic (exact) mass is 633 g/mol. The molecule has 0 bridgehead atoms. The fourth-order valence-electron chi connectivity index (χ4n) is 5.29. The SMILES string of the molecule is CCOC(=O)c1csc(-c2cc(-c3cccc(-c4cccc(F)c4)c3)n(Cc3ccc(S(N)(=O)=O)c(F)c3)c2CC2CC2)n1. The largest absolute Gasteiger partial charge is 0.461 e. The molecule has 44 heavy (non-hydrogen) atoms. The zero-order valence-corrected chi connectivity index (χ0v) is 25.4. The van der Waals surface area contributed by atoms with Crippen LogP contribution in [0.5, 0.6) is 0 Å². The van der Waals surface area contributed by atoms with Gasteiger partial charge in [-0.05, 0) is 90.8 Å². The summed E-state index contributed by atoms with van der Waals surface area (Å²) in [6, 6.07) is 20.1. The molecular formula is C33H29F2N3O4S2. The fourth-order valence-corrected chi connectivity index (χ4v) is 6.70. The summed E-state index contributed by atoms with van der Waals surface area (Å²) < 4.78 is 59.9. The predicted octanol–water partition coefficient (Wildman–Crippen LogP) is 7.05. The number of rotatable bonds is 10. The van der Waals surface area contributed by atoms with Crippen molar-refractivity contribution < 1.29 is 26.7 Å². The van der Waals surface area contributed by atoms with Gasteiger partial charge in [0.05, 0.1) is 6.61 Å². The molecule has 1 fully saturated rings. The van der Waals surface area contributed by atoms with Crippen LogP contribution in [0.1, 0.15) is 41.5 Å². The van der Waals surface area contributed by atoms with E-state index in [-0.39, 0.29) is 24.7 Å². The number of nitrogens with zero attached hydrogens (tertiary/aromatic N) is 2. The van der Waals surface area contributed by atoms with E-state index in [4.69, 9.17) is 9.88 Å². The van der Waals surface area contributed by atoms with Crippen LogP contribution in [0.25, 0.3) is 33.0 Å². The molecule has 2 N–H and O–H groups in total. The van der Waals surface area contributed by atoms with Crippen LogP contribution in [0.4, 0.5) is 8.78 Å². The molecule has 1 aliphatic carbocycles. The highest BCUT2D eigenvalue weighted by Crippen LogP contribution is 2.41. The highest BCUT2D eigenvalue weighted by molar-refractivity contribution is 7.89. The second-order valence-corrected chi connectivity index (χ2v) is 13.2. The number of primary sulfonamides is 1. The Balaban J connectivity index is 1.51. The average Bonchev–Trinajstić information content (AvgIpc) is 3.55. The normalized spacial score (nSPS) is 13.3. The summed E-state index contributed by atoms with van der Waals surface area (Å²) in [5, 5.41) is 7.52. The van der Waals surface area contributed by atoms with Gasteiger partial charge in [0.15, 0.2) is 5.69 Å². The van der Waals surface area contributed by atoms with E-state index in [1.54, 1.807) is 24.4 Å². The van der Waals surface area contributed by atoms with Gasteiger partial charge in [-0.15, -0.1) is 11.3 Å². The number of aromatic nitrogens is 2. The van der Waals surface area contributed by atoms with Gasteiger partial charge < -0.3 is 9.30 Å². The molecule has 0 radical (unpaired) electrons. The molecule has 1 aliphatic rings. The van der Waals surface area contributed by atoms with Gasteiger partial charge in [0.25, 0.3) is 0 Å². The topological polar surface area (TPSA) is 104 Å². The van der Waals surface area contributed by atoms with Gasteiger partial charge in [-0.3, -0.25) is 0 Å². The lowest BCUT2D eigenvalue weighted by atomic mass is 10.0. The number of carbonyl (C=O) groups is 1. The van der Waals surface area contributed by atoms with Crippen molar-refractivity contribution in [3.8, 4) is 33.0 Å². The Bertz CT molecular complexity index is 1980. The number of ether oxygens (including phenoxy) is 1. The number of thiazole rings is 1. The summed E-state index contributed by atoms with van der Waals surface area (Å²) in [6.45, 7) is 2.21. The standard InChI is InChI=1S/C33H29F2N3O4S2/c1-2-42-33(39)28-19-43-32(37-28)26-17-29(24-7-3-5-22(15-24)23-6-4-8-25(34)16-23)38(30(26)14-20-9-10-20)18-21-11-12-31(27(35)13-21)44(36,40)41/h3-8,11-13,15-17,19-20H,2,9-10,14,18H2,1H3,(H2,36,40,41). The maximum absolute atomic E-state index is 14.9. The smallest absolute Gasteiger partial charge is 0.357 e. The third-order valence-corrected chi connectivity index (χ3v) is 9.39. The van der Waals surface area contributed by atoms with E-state index in [0.29, 0.717) is 16.5 Å². The Hall–Kier alpha value is -4.19. The van der Waals surface area contributed by atoms with Crippen LogP contribution in [0.2, 0.25) is 0 Å². The number of nitrogens with two attached hydrogens (primary N) is 1. The maximum atomic E-state index is 14.9. The molecule has 2 aromatic heterocycles. The first-order chi connectivity index (χ1) is 21.1. The van der Waals surface area contributed by atoms with Crippen LogP contribution >= 0.6 is 11.3 Å². The average molecular weight is 634 g/mol. The van der Waals surface area contributed by atoms with Crippen LogP contribution < -0.4 is 5.14 Å². The Kier molecular flexibility index (Phi) is 8.19. The van der Waals surface area contributed by atoms with Crippen LogP contribution in [0.3, 0.4) is 0 Å². The zero-order valence-electron chi connectivity index (χ0n) is 23.8. The first kappa shape index (κ1) is 29.9. The number of sulfonamides is 1. The Morgan fingerprint density at radius 1 is 1.02 bits per heavy atom. The minimum Gasteiger partial charge on any atom is -0.461 e. The number of hydrogen-bond donors (Lipinski definition) is 1. The maximum Gasteiger partial charge on any atom is 0.357 e. The minimum atomic E-state index is -4.22. The van der Waals surface area contributed by atoms with Crippen molar-refractivity contribution in [1.29, 1.82) is 0 Å². The number of esters is 1. The quantitative estimate of drug-likeness (QED) is 0.166. The number of benzene rings is 3. The van der Waals surface area contributed by atoms with Crippen molar-refractivity contribution in [1.82, 2.24) is 9.55 Å². The summed E-state index contributed by atoms with van der Waals surface area (Å²) in [5.74, 6) is -1.28. The second-order valence-electron chi connectivity index (χ2n) is 10.8. The summed E-state index contributed by atoms with van der Waals surface area (Å²) in [7, 11) is -4.22. The van der Waals surface area contributed by atoms with Gasteiger partial charge in [0.1, 0.15) is 21.5 Å². The molecule has 1 saturated carbocycles. The van der Waals surface area contributed by atoms with Crippen molar-refractivity contribution in [3.63, 3.8) is 0 Å². The van der Waals surface area contributed by atoms with E-state index in [1.807, 2.05) is 36.4 Å². The van der Waals surface area contributed by atoms with Gasteiger partial charge in [0, 0.05) is 28.9 Å². The molecule has 0 spiro atoms. The Labute approximate surface area is 258 Å². The Morgan fingerprint density at radius 3 is 2.43 bits per heavy atom. The van der Waals surface area contributed by atoms with E-state index >= 15 is 0 Å². The summed E-state index contributed by atoms with van der Waals surface area (Å²) in [5.41, 5.74) is 5.81. The molecule has 0 saturated heterocycles. The molecule has 7 nitrogen and oxygen atoms in total. The van der Waals surface area contributed by atoms with Crippen LogP contribution in [0.15, 0.2) is 83.1 Å². The molecule has 0 unspecified atom stereocenters. The first-order valence-corrected chi connectivity index (χ1v) is 16.6. The lowest BCUT2D eigenvalue weighted by molar-refractivity contribution is 0.0520. The number of halogens is 2. The summed E-state index contributed by atoms with van der Waals surface area (Å²) in [4.78, 5) is 16.5. The predicted molar refractivity (Wildman–Crippen MR) is 166 cm³/mol. The number of hydrogen-bond acceptors (Lipinski definition) is 6. The Morgan fingerprint density at radius 2 is 1.75 bits per heavy atom. The third kappa shape index (κ3) is 6.35. The van der Waals surface area contributed by atoms with Crippen molar-refractivity contribution in [2.75, 3.05) is 6.61 Å². The third-order valence-electron chi connectivity index (χ3n) is 7.57. The fraction of sp³-hybridized carbons (Fsp3) is 0.212. The van der Waals surface area contributed by atoms with Gasteiger partial charge in [-0.1, -0.05) is 36.4 Å². The highest BCUT2D eigenvalue weighted by atomic mass is 32.2. The van der Waals surface area contributed by atoms with Crippen LogP contribution in [-0.4, -0.2) is 30.5 Å². The van der Waals surface area contributed by atoms with Crippen molar-refractivity contribution in [2.45, 2.75) is 37.6 Å². The molecule has 11 heteroatoms. The highest BCUT2D eigenvalue weighted by Gasteiger charge is 2.28. The van der Waals surface area contributed by atoms with Gasteiger partial charge in [0.2, 0.25) is 10.0 Å². The minimum absolute atomic E-state index is 0.229. The summed E-state index contributed by atoms with van der Waals surface area (Å²) in [6.07, 6.45) is 2.91. The molecule has 5 aromatic rings. The molecule has 226 valence electrons. The van der Waals surface area contributed by atoms with Gasteiger partial charge in [-0.2, -0.15) is 0 Å². The molecule has 3 aromatic carbocycles. The molecular weight excluding hydrogens is 605 g/mol. The van der Waals surface area contributed by atoms with E-state index < -0.39 is 26.7 Å². The molecule has 2 heterocycles. The van der Waals surface area contributed by atoms with Gasteiger partial charge in [-0.25, -0.2) is 32.1 Å². The number of carbonyl (C=O) groups excluding carboxylic acids is 1. The molecule has 6 rings (SSSR count). The van der Waals surface area contributed by atoms with E-state index in [1.165, 1.54) is 35.6 Å². The second kappa shape index (κ2) is 12.1. The van der Waals surface area contributed by atoms with Crippen molar-refractivity contribution >= 4 is 27.3 Å². The molecule has 0 aliphatic heterocycles. The van der Waals surface area contributed by atoms with E-state index in [2.05, 4.69) is 9.55 Å². The lowest BCUT2D eigenvalue weighted by Crippen LogP contribution is -2.14. The molecule has 0 atom stereocenters. The van der Waals surface area contributed by atoms with Gasteiger partial charge >= 0.3 is 5.97 Å². The van der Waals surface area contributed by atoms with Crippen LogP contribution in [-0.2, 0) is 27.7 Å².